The zero-order chi connectivity index (χ0) is 17.3. The molecule has 3 aromatic rings. The predicted octanol–water partition coefficient (Wildman–Crippen LogP) is 1.37. The molecule has 0 bridgehead atoms. The molecule has 0 saturated heterocycles. The summed E-state index contributed by atoms with van der Waals surface area (Å²) in [6.07, 6.45) is -1.09. The summed E-state index contributed by atoms with van der Waals surface area (Å²) in [4.78, 5) is 24.1. The van der Waals surface area contributed by atoms with Gasteiger partial charge in [0.15, 0.2) is 5.69 Å². The molecule has 0 saturated carbocycles. The van der Waals surface area contributed by atoms with E-state index in [1.165, 1.54) is 24.3 Å². The molecule has 0 radical (unpaired) electrons. The summed E-state index contributed by atoms with van der Waals surface area (Å²) >= 11 is 0. The molecule has 1 heterocycles. The van der Waals surface area contributed by atoms with Gasteiger partial charge < -0.3 is 10.8 Å². The Balaban J connectivity index is 2.06. The molecule has 3 rings (SSSR count). The van der Waals surface area contributed by atoms with Gasteiger partial charge in [0.1, 0.15) is 5.82 Å². The van der Waals surface area contributed by atoms with Crippen LogP contribution >= 0.6 is 0 Å². The number of carbonyl (C=O) groups excluding carboxylic acids is 1. The maximum Gasteiger partial charge on any atom is 0.274 e. The van der Waals surface area contributed by atoms with Gasteiger partial charge in [-0.05, 0) is 23.8 Å². The van der Waals surface area contributed by atoms with E-state index >= 15 is 0 Å². The number of aromatic nitrogens is 2. The maximum atomic E-state index is 13.0. The number of benzene rings is 2. The standard InChI is InChI=1S/C17H14FN3O3/c18-11-7-5-10(6-8-11)14(22)9-21-17(24)13-4-2-1-3-12(13)15(20-21)16(19)23/h1-8,14,22H,9H2,(H2,19,23). The Bertz CT molecular complexity index is 967. The van der Waals surface area contributed by atoms with Gasteiger partial charge in [0.2, 0.25) is 0 Å². The minimum Gasteiger partial charge on any atom is -0.386 e. The first kappa shape index (κ1) is 15.8. The van der Waals surface area contributed by atoms with Crippen molar-refractivity contribution >= 4 is 16.7 Å². The minimum absolute atomic E-state index is 0.0449. The van der Waals surface area contributed by atoms with Crippen molar-refractivity contribution in [1.82, 2.24) is 9.78 Å². The lowest BCUT2D eigenvalue weighted by molar-refractivity contribution is 0.0991. The van der Waals surface area contributed by atoms with E-state index < -0.39 is 23.4 Å². The number of rotatable bonds is 4. The molecule has 1 amide bonds. The molecule has 1 unspecified atom stereocenters. The lowest BCUT2D eigenvalue weighted by Crippen LogP contribution is -2.29. The molecule has 122 valence electrons. The molecule has 1 atom stereocenters. The largest absolute Gasteiger partial charge is 0.386 e. The Morgan fingerprint density at radius 2 is 1.79 bits per heavy atom. The fourth-order valence-corrected chi connectivity index (χ4v) is 2.50. The van der Waals surface area contributed by atoms with Crippen molar-refractivity contribution in [2.45, 2.75) is 12.6 Å². The van der Waals surface area contributed by atoms with Crippen LogP contribution in [0.15, 0.2) is 53.3 Å². The first-order valence-corrected chi connectivity index (χ1v) is 7.20. The number of primary amides is 1. The van der Waals surface area contributed by atoms with Crippen LogP contribution in [0.25, 0.3) is 10.8 Å². The van der Waals surface area contributed by atoms with Gasteiger partial charge in [-0.3, -0.25) is 9.59 Å². The molecule has 0 aliphatic heterocycles. The van der Waals surface area contributed by atoms with Crippen molar-refractivity contribution in [3.05, 3.63) is 76.0 Å². The number of aliphatic hydroxyl groups excluding tert-OH is 1. The summed E-state index contributed by atoms with van der Waals surface area (Å²) < 4.78 is 14.0. The van der Waals surface area contributed by atoms with Gasteiger partial charge in [0, 0.05) is 5.39 Å². The second-order valence-electron chi connectivity index (χ2n) is 5.31. The normalized spacial score (nSPS) is 12.2. The number of amides is 1. The molecule has 24 heavy (non-hydrogen) atoms. The van der Waals surface area contributed by atoms with Crippen molar-refractivity contribution in [3.8, 4) is 0 Å². The van der Waals surface area contributed by atoms with Gasteiger partial charge in [-0.25, -0.2) is 9.07 Å². The van der Waals surface area contributed by atoms with Crippen LogP contribution in [-0.2, 0) is 6.54 Å². The third-order valence-electron chi connectivity index (χ3n) is 3.70. The summed E-state index contributed by atoms with van der Waals surface area (Å²) in [5, 5.41) is 14.9. The monoisotopic (exact) mass is 327 g/mol. The zero-order valence-electron chi connectivity index (χ0n) is 12.5. The van der Waals surface area contributed by atoms with Gasteiger partial charge in [-0.15, -0.1) is 0 Å². The Morgan fingerprint density at radius 1 is 1.17 bits per heavy atom. The van der Waals surface area contributed by atoms with Crippen molar-refractivity contribution < 1.29 is 14.3 Å². The summed E-state index contributed by atoms with van der Waals surface area (Å²) in [5.74, 6) is -1.20. The second-order valence-corrected chi connectivity index (χ2v) is 5.31. The van der Waals surface area contributed by atoms with E-state index in [1.807, 2.05) is 0 Å². The molecule has 0 aliphatic rings. The Hall–Kier alpha value is -3.06. The highest BCUT2D eigenvalue weighted by Gasteiger charge is 2.17. The van der Waals surface area contributed by atoms with Crippen LogP contribution in [-0.4, -0.2) is 20.8 Å². The number of halogens is 1. The highest BCUT2D eigenvalue weighted by molar-refractivity contribution is 6.03. The van der Waals surface area contributed by atoms with Crippen LogP contribution in [0.3, 0.4) is 0 Å². The SMILES string of the molecule is NC(=O)c1nn(CC(O)c2ccc(F)cc2)c(=O)c2ccccc12. The Labute approximate surface area is 136 Å². The topological polar surface area (TPSA) is 98.2 Å². The summed E-state index contributed by atoms with van der Waals surface area (Å²) in [6.45, 7) is -0.185. The summed E-state index contributed by atoms with van der Waals surface area (Å²) in [6, 6.07) is 11.7. The average Bonchev–Trinajstić information content (AvgIpc) is 2.57. The average molecular weight is 327 g/mol. The van der Waals surface area contributed by atoms with E-state index in [-0.39, 0.29) is 17.6 Å². The van der Waals surface area contributed by atoms with Crippen molar-refractivity contribution in [2.24, 2.45) is 5.73 Å². The number of hydrogen-bond donors (Lipinski definition) is 2. The lowest BCUT2D eigenvalue weighted by Gasteiger charge is -2.14. The van der Waals surface area contributed by atoms with Gasteiger partial charge in [0.05, 0.1) is 18.0 Å². The number of carbonyl (C=O) groups is 1. The Morgan fingerprint density at radius 3 is 2.42 bits per heavy atom. The number of hydrogen-bond acceptors (Lipinski definition) is 4. The third-order valence-corrected chi connectivity index (χ3v) is 3.70. The summed E-state index contributed by atoms with van der Waals surface area (Å²) in [7, 11) is 0. The molecule has 7 heteroatoms. The molecule has 6 nitrogen and oxygen atoms in total. The van der Waals surface area contributed by atoms with E-state index in [4.69, 9.17) is 5.73 Å². The third kappa shape index (κ3) is 2.89. The number of aliphatic hydroxyl groups is 1. The van der Waals surface area contributed by atoms with Crippen LogP contribution < -0.4 is 11.3 Å². The molecular weight excluding hydrogens is 313 g/mol. The fraction of sp³-hybridized carbons (Fsp3) is 0.118. The van der Waals surface area contributed by atoms with Gasteiger partial charge in [-0.1, -0.05) is 30.3 Å². The second kappa shape index (κ2) is 6.21. The van der Waals surface area contributed by atoms with E-state index in [2.05, 4.69) is 5.10 Å². The van der Waals surface area contributed by atoms with Crippen molar-refractivity contribution in [1.29, 1.82) is 0 Å². The predicted molar refractivity (Wildman–Crippen MR) is 85.9 cm³/mol. The van der Waals surface area contributed by atoms with E-state index in [1.54, 1.807) is 24.3 Å². The number of nitrogens with zero attached hydrogens (tertiary/aromatic N) is 2. The highest BCUT2D eigenvalue weighted by atomic mass is 19.1. The maximum absolute atomic E-state index is 13.0. The Kier molecular flexibility index (Phi) is 4.09. The number of fused-ring (bicyclic) bond motifs is 1. The minimum atomic E-state index is -1.09. The van der Waals surface area contributed by atoms with Crippen molar-refractivity contribution in [3.63, 3.8) is 0 Å². The molecule has 1 aromatic heterocycles. The van der Waals surface area contributed by atoms with Gasteiger partial charge in [-0.2, -0.15) is 5.10 Å². The van der Waals surface area contributed by atoms with Crippen LogP contribution in [0.1, 0.15) is 22.2 Å². The first-order valence-electron chi connectivity index (χ1n) is 7.20. The smallest absolute Gasteiger partial charge is 0.274 e. The molecular formula is C17H14FN3O3. The summed E-state index contributed by atoms with van der Waals surface area (Å²) in [5.41, 5.74) is 5.27. The molecule has 0 spiro atoms. The van der Waals surface area contributed by atoms with E-state index in [0.717, 1.165) is 4.68 Å². The quantitative estimate of drug-likeness (QED) is 0.756. The molecule has 2 aromatic carbocycles. The lowest BCUT2D eigenvalue weighted by atomic mass is 10.1. The van der Waals surface area contributed by atoms with Crippen LogP contribution in [0.4, 0.5) is 4.39 Å². The molecule has 0 aliphatic carbocycles. The molecule has 3 N–H and O–H groups in total. The van der Waals surface area contributed by atoms with E-state index in [9.17, 15) is 19.1 Å². The highest BCUT2D eigenvalue weighted by Crippen LogP contribution is 2.17. The van der Waals surface area contributed by atoms with E-state index in [0.29, 0.717) is 10.9 Å². The van der Waals surface area contributed by atoms with Gasteiger partial charge >= 0.3 is 0 Å². The fourth-order valence-electron chi connectivity index (χ4n) is 2.50. The zero-order valence-corrected chi connectivity index (χ0v) is 12.5. The first-order chi connectivity index (χ1) is 11.5. The molecule has 0 fully saturated rings. The van der Waals surface area contributed by atoms with Crippen LogP contribution in [0.2, 0.25) is 0 Å². The van der Waals surface area contributed by atoms with Crippen molar-refractivity contribution in [2.75, 3.05) is 0 Å². The number of nitrogens with two attached hydrogens (primary N) is 1. The van der Waals surface area contributed by atoms with Crippen LogP contribution in [0, 0.1) is 5.82 Å². The van der Waals surface area contributed by atoms with Gasteiger partial charge in [0.25, 0.3) is 11.5 Å². The van der Waals surface area contributed by atoms with Crippen LogP contribution in [0.5, 0.6) is 0 Å².